The zero-order valence-corrected chi connectivity index (χ0v) is 16.8. The van der Waals surface area contributed by atoms with Crippen molar-refractivity contribution in [3.05, 3.63) is 65.1 Å². The fraction of sp³-hybridized carbons (Fsp3) is 0.286. The highest BCUT2D eigenvalue weighted by molar-refractivity contribution is 6.30. The van der Waals surface area contributed by atoms with Gasteiger partial charge in [-0.2, -0.15) is 5.10 Å². The van der Waals surface area contributed by atoms with Crippen LogP contribution in [0, 0.1) is 0 Å². The summed E-state index contributed by atoms with van der Waals surface area (Å²) in [6, 6.07) is 11.8. The van der Waals surface area contributed by atoms with E-state index < -0.39 is 0 Å². The van der Waals surface area contributed by atoms with Gasteiger partial charge in [-0.1, -0.05) is 11.6 Å². The molecule has 1 N–H and O–H groups in total. The minimum Gasteiger partial charge on any atom is -0.355 e. The number of aromatic nitrogens is 3. The predicted octanol–water partition coefficient (Wildman–Crippen LogP) is 2.88. The van der Waals surface area contributed by atoms with Gasteiger partial charge in [-0.3, -0.25) is 4.79 Å². The van der Waals surface area contributed by atoms with Crippen molar-refractivity contribution in [2.75, 3.05) is 29.9 Å². The minimum atomic E-state index is -0.0984. The third kappa shape index (κ3) is 3.26. The van der Waals surface area contributed by atoms with Crippen LogP contribution in [0.1, 0.15) is 22.5 Å². The highest BCUT2D eigenvalue weighted by Gasteiger charge is 2.32. The summed E-state index contributed by atoms with van der Waals surface area (Å²) in [5.41, 5.74) is 3.06. The summed E-state index contributed by atoms with van der Waals surface area (Å²) in [7, 11) is 1.99. The summed E-state index contributed by atoms with van der Waals surface area (Å²) >= 11 is 5.95. The number of likely N-dealkylation sites (N-methyl/N-ethyl adjacent to an activating group) is 1. The number of rotatable bonds is 4. The number of hydrogen-bond donors (Lipinski definition) is 1. The van der Waals surface area contributed by atoms with E-state index in [9.17, 15) is 4.79 Å². The summed E-state index contributed by atoms with van der Waals surface area (Å²) in [6.45, 7) is 2.44. The standard InChI is InChI=1S/C21H21ClN6O/c1-23-16-8-9-26(13-16)19-7-6-18(10-24-19)27-11-14-12-28(25-20(14)21(27)29)17-4-2-15(22)3-5-17/h2-7,10,12,16,23H,8-9,11,13H2,1H3/t16-/m1/s1. The molecular weight excluding hydrogens is 388 g/mol. The molecule has 0 saturated carbocycles. The number of carbonyl (C=O) groups is 1. The molecule has 2 aromatic heterocycles. The number of nitrogens with one attached hydrogen (secondary N) is 1. The van der Waals surface area contributed by atoms with Crippen molar-refractivity contribution in [2.45, 2.75) is 19.0 Å². The SMILES string of the molecule is CN[C@@H]1CCN(c2ccc(N3Cc4cn(-c5ccc(Cl)cc5)nc4C3=O)cn2)C1. The zero-order chi connectivity index (χ0) is 20.0. The van der Waals surface area contributed by atoms with Crippen molar-refractivity contribution < 1.29 is 4.79 Å². The van der Waals surface area contributed by atoms with Crippen molar-refractivity contribution >= 4 is 29.0 Å². The number of anilines is 2. The lowest BCUT2D eigenvalue weighted by molar-refractivity contribution is 0.0991. The maximum Gasteiger partial charge on any atom is 0.279 e. The van der Waals surface area contributed by atoms with Crippen LogP contribution in [0.3, 0.4) is 0 Å². The lowest BCUT2D eigenvalue weighted by atomic mass is 10.3. The van der Waals surface area contributed by atoms with E-state index in [2.05, 4.69) is 20.3 Å². The van der Waals surface area contributed by atoms with E-state index in [0.717, 1.165) is 42.3 Å². The molecule has 1 saturated heterocycles. The summed E-state index contributed by atoms with van der Waals surface area (Å²) in [6.07, 6.45) is 4.79. The van der Waals surface area contributed by atoms with Gasteiger partial charge in [0.05, 0.1) is 24.1 Å². The van der Waals surface area contributed by atoms with Crippen LogP contribution < -0.4 is 15.1 Å². The number of benzene rings is 1. The van der Waals surface area contributed by atoms with Gasteiger partial charge < -0.3 is 15.1 Å². The summed E-state index contributed by atoms with van der Waals surface area (Å²) < 4.78 is 1.73. The average Bonchev–Trinajstić information content (AvgIpc) is 3.45. The van der Waals surface area contributed by atoms with Crippen molar-refractivity contribution in [2.24, 2.45) is 0 Å². The molecule has 0 bridgehead atoms. The molecule has 3 aromatic rings. The van der Waals surface area contributed by atoms with Crippen LogP contribution in [-0.4, -0.2) is 46.9 Å². The van der Waals surface area contributed by atoms with Crippen LogP contribution >= 0.6 is 11.6 Å². The maximum absolute atomic E-state index is 12.9. The molecule has 1 aromatic carbocycles. The van der Waals surface area contributed by atoms with Gasteiger partial charge in [0.25, 0.3) is 5.91 Å². The van der Waals surface area contributed by atoms with E-state index in [1.54, 1.807) is 15.8 Å². The number of fused-ring (bicyclic) bond motifs is 1. The molecule has 0 unspecified atom stereocenters. The number of pyridine rings is 1. The topological polar surface area (TPSA) is 66.3 Å². The van der Waals surface area contributed by atoms with Crippen molar-refractivity contribution in [1.29, 1.82) is 0 Å². The Bertz CT molecular complexity index is 1050. The Morgan fingerprint density at radius 3 is 2.59 bits per heavy atom. The zero-order valence-electron chi connectivity index (χ0n) is 16.0. The largest absolute Gasteiger partial charge is 0.355 e. The van der Waals surface area contributed by atoms with E-state index in [0.29, 0.717) is 23.3 Å². The van der Waals surface area contributed by atoms with Crippen LogP contribution in [0.25, 0.3) is 5.69 Å². The lowest BCUT2D eigenvalue weighted by Crippen LogP contribution is -2.30. The first kappa shape index (κ1) is 18.1. The second kappa shape index (κ2) is 7.17. The van der Waals surface area contributed by atoms with Crippen LogP contribution in [0.15, 0.2) is 48.8 Å². The van der Waals surface area contributed by atoms with Crippen molar-refractivity contribution in [3.8, 4) is 5.69 Å². The summed E-state index contributed by atoms with van der Waals surface area (Å²) in [4.78, 5) is 21.5. The number of hydrogen-bond acceptors (Lipinski definition) is 5. The highest BCUT2D eigenvalue weighted by Crippen LogP contribution is 2.29. The van der Waals surface area contributed by atoms with Gasteiger partial charge in [0.2, 0.25) is 0 Å². The Morgan fingerprint density at radius 1 is 1.14 bits per heavy atom. The van der Waals surface area contributed by atoms with Gasteiger partial charge in [-0.15, -0.1) is 0 Å². The number of nitrogens with zero attached hydrogens (tertiary/aromatic N) is 5. The van der Waals surface area contributed by atoms with Gasteiger partial charge in [0.1, 0.15) is 5.82 Å². The van der Waals surface area contributed by atoms with Gasteiger partial charge in [-0.05, 0) is 49.9 Å². The molecule has 0 radical (unpaired) electrons. The molecule has 5 rings (SSSR count). The number of halogens is 1. The Balaban J connectivity index is 1.33. The molecule has 1 fully saturated rings. The molecule has 29 heavy (non-hydrogen) atoms. The van der Waals surface area contributed by atoms with E-state index >= 15 is 0 Å². The lowest BCUT2D eigenvalue weighted by Gasteiger charge is -2.20. The van der Waals surface area contributed by atoms with E-state index in [1.807, 2.05) is 49.6 Å². The van der Waals surface area contributed by atoms with Crippen LogP contribution in [-0.2, 0) is 6.54 Å². The fourth-order valence-electron chi connectivity index (χ4n) is 3.94. The monoisotopic (exact) mass is 408 g/mol. The van der Waals surface area contributed by atoms with Gasteiger partial charge in [0.15, 0.2) is 5.69 Å². The molecule has 8 heteroatoms. The third-order valence-electron chi connectivity index (χ3n) is 5.62. The second-order valence-corrected chi connectivity index (χ2v) is 7.85. The molecule has 4 heterocycles. The summed E-state index contributed by atoms with van der Waals surface area (Å²) in [5, 5.41) is 8.48. The molecule has 2 aliphatic heterocycles. The fourth-order valence-corrected chi connectivity index (χ4v) is 4.06. The first-order chi connectivity index (χ1) is 14.1. The average molecular weight is 409 g/mol. The minimum absolute atomic E-state index is 0.0984. The van der Waals surface area contributed by atoms with Gasteiger partial charge in [-0.25, -0.2) is 9.67 Å². The van der Waals surface area contributed by atoms with Crippen molar-refractivity contribution in [1.82, 2.24) is 20.1 Å². The second-order valence-electron chi connectivity index (χ2n) is 7.41. The van der Waals surface area contributed by atoms with Gasteiger partial charge >= 0.3 is 0 Å². The molecule has 2 aliphatic rings. The quantitative estimate of drug-likeness (QED) is 0.719. The Hall–Kier alpha value is -2.90. The molecule has 7 nitrogen and oxygen atoms in total. The van der Waals surface area contributed by atoms with Crippen LogP contribution in [0.4, 0.5) is 11.5 Å². The molecule has 1 amide bonds. The molecular formula is C21H21ClN6O. The summed E-state index contributed by atoms with van der Waals surface area (Å²) in [5.74, 6) is 0.850. The third-order valence-corrected chi connectivity index (χ3v) is 5.87. The predicted molar refractivity (Wildman–Crippen MR) is 113 cm³/mol. The first-order valence-corrected chi connectivity index (χ1v) is 10.0. The Morgan fingerprint density at radius 2 is 1.93 bits per heavy atom. The Kier molecular flexibility index (Phi) is 4.49. The molecule has 148 valence electrons. The molecule has 0 aliphatic carbocycles. The number of carbonyl (C=O) groups excluding carboxylic acids is 1. The van der Waals surface area contributed by atoms with E-state index in [4.69, 9.17) is 11.6 Å². The van der Waals surface area contributed by atoms with Crippen LogP contribution in [0.2, 0.25) is 5.02 Å². The van der Waals surface area contributed by atoms with Crippen LogP contribution in [0.5, 0.6) is 0 Å². The normalized spacial score (nSPS) is 18.6. The van der Waals surface area contributed by atoms with Gasteiger partial charge in [0, 0.05) is 35.9 Å². The Labute approximate surface area is 173 Å². The van der Waals surface area contributed by atoms with Crippen molar-refractivity contribution in [3.63, 3.8) is 0 Å². The molecule has 1 atom stereocenters. The molecule has 0 spiro atoms. The number of amides is 1. The smallest absolute Gasteiger partial charge is 0.279 e. The van der Waals surface area contributed by atoms with E-state index in [-0.39, 0.29) is 5.91 Å². The first-order valence-electron chi connectivity index (χ1n) is 9.67. The highest BCUT2D eigenvalue weighted by atomic mass is 35.5. The maximum atomic E-state index is 12.9. The van der Waals surface area contributed by atoms with E-state index in [1.165, 1.54) is 0 Å².